The number of ether oxygens (including phenoxy) is 1. The average Bonchev–Trinajstić information content (AvgIpc) is 3.33. The number of methoxy groups -OCH3 is 1. The third-order valence-corrected chi connectivity index (χ3v) is 3.59. The molecule has 1 aromatic rings. The smallest absolute Gasteiger partial charge is 0.310 e. The maximum atomic E-state index is 13.8. The minimum Gasteiger partial charge on any atom is -0.469 e. The predicted molar refractivity (Wildman–Crippen MR) is 71.6 cm³/mol. The van der Waals surface area contributed by atoms with Crippen LogP contribution in [0.1, 0.15) is 30.1 Å². The van der Waals surface area contributed by atoms with E-state index < -0.39 is 40.8 Å². The molecule has 1 fully saturated rings. The molecule has 1 saturated carbocycles. The van der Waals surface area contributed by atoms with Gasteiger partial charge in [0.15, 0.2) is 17.5 Å². The van der Waals surface area contributed by atoms with Crippen molar-refractivity contribution in [3.05, 3.63) is 35.1 Å². The molecule has 7 heteroatoms. The molecule has 120 valence electrons. The number of halogens is 3. The maximum Gasteiger partial charge on any atom is 0.310 e. The Bertz CT molecular complexity index is 602. The van der Waals surface area contributed by atoms with Gasteiger partial charge in [-0.1, -0.05) is 6.92 Å². The van der Waals surface area contributed by atoms with E-state index in [1.165, 1.54) is 12.0 Å². The Hall–Kier alpha value is -2.05. The molecule has 0 aliphatic heterocycles. The van der Waals surface area contributed by atoms with Crippen LogP contribution in [-0.2, 0) is 9.53 Å². The van der Waals surface area contributed by atoms with Crippen molar-refractivity contribution in [3.63, 3.8) is 0 Å². The van der Waals surface area contributed by atoms with Gasteiger partial charge >= 0.3 is 5.97 Å². The molecule has 1 amide bonds. The van der Waals surface area contributed by atoms with Crippen LogP contribution in [0.2, 0.25) is 0 Å². The predicted octanol–water partition coefficient (Wildman–Crippen LogP) is 2.52. The zero-order valence-electron chi connectivity index (χ0n) is 12.2. The second kappa shape index (κ2) is 6.37. The Morgan fingerprint density at radius 1 is 1.27 bits per heavy atom. The van der Waals surface area contributed by atoms with Crippen molar-refractivity contribution in [1.82, 2.24) is 4.90 Å². The Morgan fingerprint density at radius 3 is 2.45 bits per heavy atom. The lowest BCUT2D eigenvalue weighted by atomic mass is 10.1. The van der Waals surface area contributed by atoms with Crippen molar-refractivity contribution in [2.75, 3.05) is 13.7 Å². The Kier molecular flexibility index (Phi) is 4.73. The van der Waals surface area contributed by atoms with Gasteiger partial charge in [0.1, 0.15) is 0 Å². The van der Waals surface area contributed by atoms with E-state index in [2.05, 4.69) is 4.74 Å². The number of hydrogen-bond donors (Lipinski definition) is 0. The molecule has 0 saturated heterocycles. The molecular formula is C15H16F3NO3. The van der Waals surface area contributed by atoms with Crippen LogP contribution in [0.4, 0.5) is 13.2 Å². The van der Waals surface area contributed by atoms with Crippen LogP contribution >= 0.6 is 0 Å². The second-order valence-electron chi connectivity index (χ2n) is 5.34. The average molecular weight is 315 g/mol. The van der Waals surface area contributed by atoms with E-state index in [-0.39, 0.29) is 12.6 Å². The van der Waals surface area contributed by atoms with Crippen molar-refractivity contribution in [2.45, 2.75) is 25.8 Å². The van der Waals surface area contributed by atoms with Crippen LogP contribution in [0.15, 0.2) is 12.1 Å². The van der Waals surface area contributed by atoms with Gasteiger partial charge in [-0.2, -0.15) is 0 Å². The first-order valence-corrected chi connectivity index (χ1v) is 6.89. The minimum absolute atomic E-state index is 0.0363. The van der Waals surface area contributed by atoms with Crippen LogP contribution in [0.3, 0.4) is 0 Å². The molecule has 0 radical (unpaired) electrons. The highest BCUT2D eigenvalue weighted by atomic mass is 19.2. The quantitative estimate of drug-likeness (QED) is 0.619. The van der Waals surface area contributed by atoms with E-state index in [4.69, 9.17) is 0 Å². The van der Waals surface area contributed by atoms with Crippen molar-refractivity contribution in [1.29, 1.82) is 0 Å². The first kappa shape index (κ1) is 16.3. The SMILES string of the molecule is COC(=O)C(C)CN(C(=O)c1ccc(F)c(F)c1F)C1CC1. The first-order valence-electron chi connectivity index (χ1n) is 6.89. The van der Waals surface area contributed by atoms with E-state index >= 15 is 0 Å². The lowest BCUT2D eigenvalue weighted by Gasteiger charge is -2.25. The largest absolute Gasteiger partial charge is 0.469 e. The number of rotatable bonds is 5. The fourth-order valence-corrected chi connectivity index (χ4v) is 2.20. The van der Waals surface area contributed by atoms with E-state index in [0.29, 0.717) is 6.07 Å². The standard InChI is InChI=1S/C15H16F3NO3/c1-8(15(21)22-2)7-19(9-3-4-9)14(20)10-5-6-11(16)13(18)12(10)17/h5-6,8-9H,3-4,7H2,1-2H3. The maximum absolute atomic E-state index is 13.8. The summed E-state index contributed by atoms with van der Waals surface area (Å²) in [6, 6.07) is 1.50. The number of esters is 1. The molecule has 1 aliphatic carbocycles. The first-order chi connectivity index (χ1) is 10.4. The van der Waals surface area contributed by atoms with Crippen LogP contribution in [0.5, 0.6) is 0 Å². The summed E-state index contributed by atoms with van der Waals surface area (Å²) in [6.45, 7) is 1.62. The third-order valence-electron chi connectivity index (χ3n) is 3.59. The highest BCUT2D eigenvalue weighted by Crippen LogP contribution is 2.30. The van der Waals surface area contributed by atoms with Gasteiger partial charge in [-0.15, -0.1) is 0 Å². The fraction of sp³-hybridized carbons (Fsp3) is 0.467. The molecule has 1 atom stereocenters. The summed E-state index contributed by atoms with van der Waals surface area (Å²) < 4.78 is 44.6. The normalized spacial score (nSPS) is 15.3. The van der Waals surface area contributed by atoms with Crippen molar-refractivity contribution < 1.29 is 27.5 Å². The van der Waals surface area contributed by atoms with E-state index in [9.17, 15) is 22.8 Å². The third kappa shape index (κ3) is 3.23. The monoisotopic (exact) mass is 315 g/mol. The highest BCUT2D eigenvalue weighted by molar-refractivity contribution is 5.95. The van der Waals surface area contributed by atoms with Crippen molar-refractivity contribution in [3.8, 4) is 0 Å². The summed E-state index contributed by atoms with van der Waals surface area (Å²) >= 11 is 0. The number of benzene rings is 1. The van der Waals surface area contributed by atoms with Crippen LogP contribution in [0, 0.1) is 23.4 Å². The lowest BCUT2D eigenvalue weighted by Crippen LogP contribution is -2.39. The molecule has 0 aromatic heterocycles. The van der Waals surface area contributed by atoms with E-state index in [1.807, 2.05) is 0 Å². The lowest BCUT2D eigenvalue weighted by molar-refractivity contribution is -0.145. The van der Waals surface area contributed by atoms with Crippen molar-refractivity contribution in [2.24, 2.45) is 5.92 Å². The van der Waals surface area contributed by atoms with Gasteiger partial charge in [0.05, 0.1) is 18.6 Å². The van der Waals surface area contributed by atoms with Gasteiger partial charge < -0.3 is 9.64 Å². The second-order valence-corrected chi connectivity index (χ2v) is 5.34. The molecule has 0 N–H and O–H groups in total. The molecular weight excluding hydrogens is 299 g/mol. The van der Waals surface area contributed by atoms with Gasteiger partial charge in [0.2, 0.25) is 0 Å². The molecule has 1 aromatic carbocycles. The van der Waals surface area contributed by atoms with Crippen LogP contribution in [0.25, 0.3) is 0 Å². The van der Waals surface area contributed by atoms with Gasteiger partial charge in [0.25, 0.3) is 5.91 Å². The molecule has 1 aliphatic rings. The zero-order chi connectivity index (χ0) is 16.4. The molecule has 0 heterocycles. The zero-order valence-corrected chi connectivity index (χ0v) is 12.2. The summed E-state index contributed by atoms with van der Waals surface area (Å²) in [5.74, 6) is -6.39. The Labute approximate surface area is 125 Å². The van der Waals surface area contributed by atoms with Gasteiger partial charge in [-0.3, -0.25) is 9.59 Å². The highest BCUT2D eigenvalue weighted by Gasteiger charge is 2.36. The van der Waals surface area contributed by atoms with Crippen LogP contribution in [-0.4, -0.2) is 36.5 Å². The summed E-state index contributed by atoms with van der Waals surface area (Å²) in [6.07, 6.45) is 1.45. The summed E-state index contributed by atoms with van der Waals surface area (Å²) in [5.41, 5.74) is -0.539. The number of carbonyl (C=O) groups excluding carboxylic acids is 2. The summed E-state index contributed by atoms with van der Waals surface area (Å²) in [4.78, 5) is 25.2. The minimum atomic E-state index is -1.68. The van der Waals surface area contributed by atoms with Crippen LogP contribution < -0.4 is 0 Å². The molecule has 0 spiro atoms. The number of hydrogen-bond acceptors (Lipinski definition) is 3. The van der Waals surface area contributed by atoms with Gasteiger partial charge in [-0.25, -0.2) is 13.2 Å². The van der Waals surface area contributed by atoms with E-state index in [1.54, 1.807) is 6.92 Å². The molecule has 22 heavy (non-hydrogen) atoms. The molecule has 2 rings (SSSR count). The summed E-state index contributed by atoms with van der Waals surface area (Å²) in [7, 11) is 1.23. The topological polar surface area (TPSA) is 46.6 Å². The van der Waals surface area contributed by atoms with Crippen molar-refractivity contribution >= 4 is 11.9 Å². The van der Waals surface area contributed by atoms with Gasteiger partial charge in [-0.05, 0) is 25.0 Å². The van der Waals surface area contributed by atoms with E-state index in [0.717, 1.165) is 18.9 Å². The fourth-order valence-electron chi connectivity index (χ4n) is 2.20. The molecule has 0 bridgehead atoms. The Morgan fingerprint density at radius 2 is 1.91 bits per heavy atom. The number of nitrogens with zero attached hydrogens (tertiary/aromatic N) is 1. The number of amides is 1. The number of carbonyl (C=O) groups is 2. The molecule has 4 nitrogen and oxygen atoms in total. The Balaban J connectivity index is 2.24. The van der Waals surface area contributed by atoms with Gasteiger partial charge in [0, 0.05) is 12.6 Å². The summed E-state index contributed by atoms with van der Waals surface area (Å²) in [5, 5.41) is 0. The molecule has 1 unspecified atom stereocenters.